The van der Waals surface area contributed by atoms with Crippen LogP contribution in [-0.4, -0.2) is 36.6 Å². The van der Waals surface area contributed by atoms with Gasteiger partial charge >= 0.3 is 5.97 Å². The van der Waals surface area contributed by atoms with E-state index in [2.05, 4.69) is 20.4 Å². The summed E-state index contributed by atoms with van der Waals surface area (Å²) in [6, 6.07) is 3.07. The van der Waals surface area contributed by atoms with Crippen LogP contribution in [-0.2, 0) is 9.53 Å². The van der Waals surface area contributed by atoms with Crippen molar-refractivity contribution in [3.8, 4) is 0 Å². The lowest BCUT2D eigenvalue weighted by molar-refractivity contribution is -0.123. The predicted molar refractivity (Wildman–Crippen MR) is 70.0 cm³/mol. The second-order valence-corrected chi connectivity index (χ2v) is 4.45. The minimum atomic E-state index is -0.410. The van der Waals surface area contributed by atoms with Gasteiger partial charge in [-0.25, -0.2) is 9.78 Å². The van der Waals surface area contributed by atoms with Gasteiger partial charge in [0.05, 0.1) is 18.4 Å². The Kier molecular flexibility index (Phi) is 3.99. The van der Waals surface area contributed by atoms with Crippen molar-refractivity contribution in [1.29, 1.82) is 0 Å². The first-order valence-electron chi connectivity index (χ1n) is 6.22. The molecular weight excluding hydrogens is 246 g/mol. The molecule has 0 aliphatic carbocycles. The lowest BCUT2D eigenvalue weighted by Gasteiger charge is -2.23. The zero-order chi connectivity index (χ0) is 13.8. The predicted octanol–water partition coefficient (Wildman–Crippen LogP) is 0.867. The van der Waals surface area contributed by atoms with Crippen molar-refractivity contribution in [2.24, 2.45) is 0 Å². The largest absolute Gasteiger partial charge is 0.465 e. The molecule has 2 heterocycles. The number of aromatic nitrogens is 1. The van der Waals surface area contributed by atoms with Gasteiger partial charge in [-0.15, -0.1) is 0 Å². The quantitative estimate of drug-likeness (QED) is 0.791. The van der Waals surface area contributed by atoms with E-state index in [0.717, 1.165) is 19.4 Å². The lowest BCUT2D eigenvalue weighted by Crippen LogP contribution is -2.44. The number of nitrogens with zero attached hydrogens (tertiary/aromatic N) is 1. The summed E-state index contributed by atoms with van der Waals surface area (Å²) in [6.45, 7) is 2.46. The van der Waals surface area contributed by atoms with Gasteiger partial charge in [0, 0.05) is 6.54 Å². The van der Waals surface area contributed by atoms with Gasteiger partial charge in [0.1, 0.15) is 11.9 Å². The standard InChI is InChI=1S/C13H17N3O3/c1-8-9(13(18)19-2)5-6-11(15-8)16-10-4-3-7-14-12(10)17/h5-6,10H,3-4,7H2,1-2H3,(H,14,17)(H,15,16). The molecule has 0 spiro atoms. The Morgan fingerprint density at radius 2 is 2.32 bits per heavy atom. The first-order chi connectivity index (χ1) is 9.11. The van der Waals surface area contributed by atoms with E-state index in [9.17, 15) is 9.59 Å². The number of methoxy groups -OCH3 is 1. The number of pyridine rings is 1. The van der Waals surface area contributed by atoms with Crippen LogP contribution in [0.2, 0.25) is 0 Å². The van der Waals surface area contributed by atoms with E-state index in [4.69, 9.17) is 0 Å². The van der Waals surface area contributed by atoms with Crippen LogP contribution in [0.25, 0.3) is 0 Å². The lowest BCUT2D eigenvalue weighted by atomic mass is 10.1. The van der Waals surface area contributed by atoms with Gasteiger partial charge in [0.15, 0.2) is 0 Å². The second kappa shape index (κ2) is 5.69. The molecule has 0 aromatic carbocycles. The zero-order valence-corrected chi connectivity index (χ0v) is 11.0. The number of piperidine rings is 1. The van der Waals surface area contributed by atoms with Crippen molar-refractivity contribution in [2.45, 2.75) is 25.8 Å². The minimum Gasteiger partial charge on any atom is -0.465 e. The maximum absolute atomic E-state index is 11.6. The topological polar surface area (TPSA) is 80.3 Å². The highest BCUT2D eigenvalue weighted by Crippen LogP contribution is 2.15. The Balaban J connectivity index is 2.11. The van der Waals surface area contributed by atoms with Gasteiger partial charge in [-0.2, -0.15) is 0 Å². The average Bonchev–Trinajstić information content (AvgIpc) is 2.41. The number of nitrogens with one attached hydrogen (secondary N) is 2. The molecule has 6 nitrogen and oxygen atoms in total. The highest BCUT2D eigenvalue weighted by Gasteiger charge is 2.22. The SMILES string of the molecule is COC(=O)c1ccc(NC2CCCNC2=O)nc1C. The van der Waals surface area contributed by atoms with Gasteiger partial charge < -0.3 is 15.4 Å². The van der Waals surface area contributed by atoms with Gasteiger partial charge in [0.25, 0.3) is 0 Å². The Morgan fingerprint density at radius 3 is 2.95 bits per heavy atom. The fraction of sp³-hybridized carbons (Fsp3) is 0.462. The summed E-state index contributed by atoms with van der Waals surface area (Å²) in [5.41, 5.74) is 1.01. The Labute approximate surface area is 111 Å². The third-order valence-corrected chi connectivity index (χ3v) is 3.10. The summed E-state index contributed by atoms with van der Waals surface area (Å²) < 4.78 is 4.66. The van der Waals surface area contributed by atoms with Crippen molar-refractivity contribution in [2.75, 3.05) is 19.0 Å². The number of carbonyl (C=O) groups excluding carboxylic acids is 2. The summed E-state index contributed by atoms with van der Waals surface area (Å²) >= 11 is 0. The van der Waals surface area contributed by atoms with Crippen molar-refractivity contribution in [3.63, 3.8) is 0 Å². The molecule has 1 unspecified atom stereocenters. The van der Waals surface area contributed by atoms with Crippen LogP contribution in [0.3, 0.4) is 0 Å². The molecule has 1 atom stereocenters. The number of carbonyl (C=O) groups is 2. The molecule has 2 N–H and O–H groups in total. The van der Waals surface area contributed by atoms with E-state index in [1.54, 1.807) is 19.1 Å². The third kappa shape index (κ3) is 3.01. The van der Waals surface area contributed by atoms with Crippen LogP contribution in [0.4, 0.5) is 5.82 Å². The van der Waals surface area contributed by atoms with Gasteiger partial charge in [-0.3, -0.25) is 4.79 Å². The number of amides is 1. The van der Waals surface area contributed by atoms with E-state index in [1.807, 2.05) is 0 Å². The molecule has 102 valence electrons. The molecule has 2 rings (SSSR count). The maximum atomic E-state index is 11.6. The highest BCUT2D eigenvalue weighted by atomic mass is 16.5. The van der Waals surface area contributed by atoms with Crippen molar-refractivity contribution in [1.82, 2.24) is 10.3 Å². The molecule has 1 fully saturated rings. The van der Waals surface area contributed by atoms with E-state index in [-0.39, 0.29) is 11.9 Å². The molecule has 0 saturated carbocycles. The van der Waals surface area contributed by atoms with Crippen LogP contribution in [0.1, 0.15) is 28.9 Å². The monoisotopic (exact) mass is 263 g/mol. The van der Waals surface area contributed by atoms with E-state index in [1.165, 1.54) is 7.11 Å². The van der Waals surface area contributed by atoms with E-state index < -0.39 is 5.97 Å². The van der Waals surface area contributed by atoms with Crippen LogP contribution < -0.4 is 10.6 Å². The van der Waals surface area contributed by atoms with Gasteiger partial charge in [-0.1, -0.05) is 0 Å². The smallest absolute Gasteiger partial charge is 0.339 e. The molecule has 1 aromatic heterocycles. The first-order valence-corrected chi connectivity index (χ1v) is 6.22. The van der Waals surface area contributed by atoms with Crippen LogP contribution >= 0.6 is 0 Å². The number of hydrogen-bond donors (Lipinski definition) is 2. The summed E-state index contributed by atoms with van der Waals surface area (Å²) in [4.78, 5) is 27.3. The fourth-order valence-electron chi connectivity index (χ4n) is 2.06. The molecule has 1 amide bonds. The molecule has 19 heavy (non-hydrogen) atoms. The fourth-order valence-corrected chi connectivity index (χ4v) is 2.06. The van der Waals surface area contributed by atoms with Crippen LogP contribution in [0, 0.1) is 6.92 Å². The molecule has 6 heteroatoms. The highest BCUT2D eigenvalue weighted by molar-refractivity contribution is 5.91. The summed E-state index contributed by atoms with van der Waals surface area (Å²) in [6.07, 6.45) is 1.73. The second-order valence-electron chi connectivity index (χ2n) is 4.45. The zero-order valence-electron chi connectivity index (χ0n) is 11.0. The van der Waals surface area contributed by atoms with Crippen molar-refractivity contribution in [3.05, 3.63) is 23.4 Å². The summed E-state index contributed by atoms with van der Waals surface area (Å²) in [5.74, 6) is 0.168. The third-order valence-electron chi connectivity index (χ3n) is 3.10. The maximum Gasteiger partial charge on any atom is 0.339 e. The molecule has 1 aliphatic rings. The minimum absolute atomic E-state index is 0.0113. The molecule has 1 aliphatic heterocycles. The molecule has 0 radical (unpaired) electrons. The summed E-state index contributed by atoms with van der Waals surface area (Å²) in [5, 5.41) is 5.88. The summed E-state index contributed by atoms with van der Waals surface area (Å²) in [7, 11) is 1.33. The number of aryl methyl sites for hydroxylation is 1. The van der Waals surface area contributed by atoms with Gasteiger partial charge in [0.2, 0.25) is 5.91 Å². The van der Waals surface area contributed by atoms with Crippen LogP contribution in [0.15, 0.2) is 12.1 Å². The number of ether oxygens (including phenoxy) is 1. The number of anilines is 1. The van der Waals surface area contributed by atoms with Crippen molar-refractivity contribution < 1.29 is 14.3 Å². The van der Waals surface area contributed by atoms with Crippen molar-refractivity contribution >= 4 is 17.7 Å². The number of hydrogen-bond acceptors (Lipinski definition) is 5. The van der Waals surface area contributed by atoms with Gasteiger partial charge in [-0.05, 0) is 31.9 Å². The Hall–Kier alpha value is -2.11. The van der Waals surface area contributed by atoms with Crippen LogP contribution in [0.5, 0.6) is 0 Å². The number of rotatable bonds is 3. The Morgan fingerprint density at radius 1 is 1.53 bits per heavy atom. The van der Waals surface area contributed by atoms with E-state index in [0.29, 0.717) is 17.1 Å². The first kappa shape index (κ1) is 13.3. The Bertz CT molecular complexity index is 502. The normalized spacial score (nSPS) is 18.6. The molecule has 0 bridgehead atoms. The molecule has 1 aromatic rings. The molecular formula is C13H17N3O3. The van der Waals surface area contributed by atoms with E-state index >= 15 is 0 Å². The average molecular weight is 263 g/mol. The number of esters is 1. The molecule has 1 saturated heterocycles.